The zero-order chi connectivity index (χ0) is 13.8. The molecule has 0 amide bonds. The smallest absolute Gasteiger partial charge is 0.142 e. The van der Waals surface area contributed by atoms with Gasteiger partial charge in [0.05, 0.1) is 10.7 Å². The van der Waals surface area contributed by atoms with Crippen LogP contribution < -0.4 is 4.74 Å². The van der Waals surface area contributed by atoms with Crippen molar-refractivity contribution < 1.29 is 4.74 Å². The number of hydrogen-bond donors (Lipinski definition) is 0. The first-order valence-corrected chi connectivity index (χ1v) is 7.62. The predicted molar refractivity (Wildman–Crippen MR) is 81.0 cm³/mol. The average molecular weight is 344 g/mol. The van der Waals surface area contributed by atoms with Gasteiger partial charge in [0.2, 0.25) is 0 Å². The van der Waals surface area contributed by atoms with Gasteiger partial charge in [-0.15, -0.1) is 0 Å². The highest BCUT2D eigenvalue weighted by Gasteiger charge is 2.09. The number of alkyl halides is 1. The molecule has 5 heteroatoms. The van der Waals surface area contributed by atoms with Crippen molar-refractivity contribution in [3.05, 3.63) is 46.7 Å². The van der Waals surface area contributed by atoms with E-state index in [1.54, 1.807) is 0 Å². The molecule has 0 radical (unpaired) electrons. The first kappa shape index (κ1) is 14.4. The van der Waals surface area contributed by atoms with Gasteiger partial charge in [0, 0.05) is 23.1 Å². The summed E-state index contributed by atoms with van der Waals surface area (Å²) in [5, 5.41) is 5.78. The summed E-state index contributed by atoms with van der Waals surface area (Å²) >= 11 is 9.59. The van der Waals surface area contributed by atoms with E-state index in [4.69, 9.17) is 16.3 Å². The maximum absolute atomic E-state index is 6.16. The van der Waals surface area contributed by atoms with E-state index in [1.165, 1.54) is 0 Å². The second-order valence-electron chi connectivity index (χ2n) is 4.53. The van der Waals surface area contributed by atoms with Crippen LogP contribution in [-0.4, -0.2) is 9.78 Å². The van der Waals surface area contributed by atoms with Crippen molar-refractivity contribution in [1.29, 1.82) is 0 Å². The molecule has 19 heavy (non-hydrogen) atoms. The van der Waals surface area contributed by atoms with Gasteiger partial charge in [-0.2, -0.15) is 5.10 Å². The monoisotopic (exact) mass is 342 g/mol. The Kier molecular flexibility index (Phi) is 4.88. The number of halogens is 2. The topological polar surface area (TPSA) is 27.1 Å². The zero-order valence-corrected chi connectivity index (χ0v) is 13.3. The molecule has 0 fully saturated rings. The van der Waals surface area contributed by atoms with Gasteiger partial charge in [-0.25, -0.2) is 0 Å². The summed E-state index contributed by atoms with van der Waals surface area (Å²) in [4.78, 5) is 0. The van der Waals surface area contributed by atoms with E-state index in [1.807, 2.05) is 35.1 Å². The Balaban J connectivity index is 2.09. The highest BCUT2D eigenvalue weighted by atomic mass is 79.9. The minimum atomic E-state index is 0.354. The van der Waals surface area contributed by atoms with Crippen LogP contribution in [0, 0.1) is 0 Å². The van der Waals surface area contributed by atoms with Gasteiger partial charge in [-0.1, -0.05) is 39.7 Å². The Labute approximate surface area is 126 Å². The van der Waals surface area contributed by atoms with Gasteiger partial charge in [0.1, 0.15) is 12.4 Å². The lowest BCUT2D eigenvalue weighted by molar-refractivity contribution is 0.297. The van der Waals surface area contributed by atoms with Crippen molar-refractivity contribution in [2.75, 3.05) is 0 Å². The minimum Gasteiger partial charge on any atom is -0.485 e. The van der Waals surface area contributed by atoms with Crippen LogP contribution in [0.25, 0.3) is 0 Å². The molecule has 3 nitrogen and oxygen atoms in total. The number of nitrogens with zero attached hydrogens (tertiary/aromatic N) is 2. The van der Waals surface area contributed by atoms with Crippen molar-refractivity contribution in [3.63, 3.8) is 0 Å². The van der Waals surface area contributed by atoms with Crippen LogP contribution in [-0.2, 0) is 11.9 Å². The molecular formula is C14H16BrClN2O. The highest BCUT2D eigenvalue weighted by molar-refractivity contribution is 9.08. The summed E-state index contributed by atoms with van der Waals surface area (Å²) in [5.41, 5.74) is 1.94. The summed E-state index contributed by atoms with van der Waals surface area (Å²) < 4.78 is 7.71. The molecule has 0 aliphatic heterocycles. The quantitative estimate of drug-likeness (QED) is 0.742. The lowest BCUT2D eigenvalue weighted by atomic mass is 10.2. The van der Waals surface area contributed by atoms with Crippen LogP contribution in [0.5, 0.6) is 5.75 Å². The first-order valence-electron chi connectivity index (χ1n) is 6.12. The Morgan fingerprint density at radius 3 is 2.79 bits per heavy atom. The summed E-state index contributed by atoms with van der Waals surface area (Å²) in [6, 6.07) is 8.05. The maximum atomic E-state index is 6.16. The lowest BCUT2D eigenvalue weighted by Gasteiger charge is -2.10. The van der Waals surface area contributed by atoms with Crippen molar-refractivity contribution >= 4 is 27.5 Å². The Morgan fingerprint density at radius 2 is 2.16 bits per heavy atom. The second-order valence-corrected chi connectivity index (χ2v) is 5.50. The van der Waals surface area contributed by atoms with Gasteiger partial charge in [-0.05, 0) is 26.0 Å². The fourth-order valence-corrected chi connectivity index (χ4v) is 2.40. The molecule has 0 aliphatic carbocycles. The van der Waals surface area contributed by atoms with E-state index < -0.39 is 0 Å². The molecular weight excluding hydrogens is 328 g/mol. The van der Waals surface area contributed by atoms with Crippen molar-refractivity contribution in [2.24, 2.45) is 0 Å². The Hall–Kier alpha value is -1.000. The third kappa shape index (κ3) is 3.51. The molecule has 0 spiro atoms. The normalized spacial score (nSPS) is 11.0. The molecule has 2 aromatic rings. The van der Waals surface area contributed by atoms with E-state index in [0.717, 1.165) is 17.0 Å². The molecule has 1 heterocycles. The zero-order valence-electron chi connectivity index (χ0n) is 10.9. The van der Waals surface area contributed by atoms with E-state index in [9.17, 15) is 0 Å². The summed E-state index contributed by atoms with van der Waals surface area (Å²) in [5.74, 6) is 0.722. The predicted octanol–water partition coefficient (Wildman–Crippen LogP) is 4.59. The van der Waals surface area contributed by atoms with Gasteiger partial charge in [-0.3, -0.25) is 4.68 Å². The van der Waals surface area contributed by atoms with Crippen LogP contribution in [0.4, 0.5) is 0 Å². The molecule has 0 aliphatic rings. The van der Waals surface area contributed by atoms with Crippen LogP contribution in [0.15, 0.2) is 30.5 Å². The summed E-state index contributed by atoms with van der Waals surface area (Å²) in [6.07, 6.45) is 1.96. The minimum absolute atomic E-state index is 0.354. The number of hydrogen-bond acceptors (Lipinski definition) is 2. The standard InChI is InChI=1S/C14H16BrClN2O/c1-10(2)18-7-6-12(17-18)9-19-14-11(8-15)4-3-5-13(14)16/h3-7,10H,8-9H2,1-2H3. The van der Waals surface area contributed by atoms with Gasteiger partial charge < -0.3 is 4.74 Å². The number of aromatic nitrogens is 2. The molecule has 0 bridgehead atoms. The summed E-state index contributed by atoms with van der Waals surface area (Å²) in [7, 11) is 0. The molecule has 0 unspecified atom stereocenters. The fourth-order valence-electron chi connectivity index (χ4n) is 1.71. The molecule has 1 aromatic carbocycles. The molecule has 1 aromatic heterocycles. The number of benzene rings is 1. The lowest BCUT2D eigenvalue weighted by Crippen LogP contribution is -2.04. The van der Waals surface area contributed by atoms with Gasteiger partial charge in [0.25, 0.3) is 0 Å². The third-order valence-electron chi connectivity index (χ3n) is 2.75. The SMILES string of the molecule is CC(C)n1ccc(COc2c(Cl)cccc2CBr)n1. The number of ether oxygens (including phenoxy) is 1. The molecule has 0 N–H and O–H groups in total. The number of rotatable bonds is 5. The highest BCUT2D eigenvalue weighted by Crippen LogP contribution is 2.30. The second kappa shape index (κ2) is 6.44. The summed E-state index contributed by atoms with van der Waals surface area (Å²) in [6.45, 7) is 4.60. The van der Waals surface area contributed by atoms with Gasteiger partial charge in [0.15, 0.2) is 0 Å². The Bertz CT molecular complexity index is 554. The van der Waals surface area contributed by atoms with E-state index in [0.29, 0.717) is 23.0 Å². The first-order chi connectivity index (χ1) is 9.11. The van der Waals surface area contributed by atoms with Crippen LogP contribution in [0.3, 0.4) is 0 Å². The van der Waals surface area contributed by atoms with Crippen LogP contribution in [0.2, 0.25) is 5.02 Å². The fraction of sp³-hybridized carbons (Fsp3) is 0.357. The van der Waals surface area contributed by atoms with Crippen molar-refractivity contribution in [2.45, 2.75) is 31.8 Å². The van der Waals surface area contributed by atoms with Crippen molar-refractivity contribution in [3.8, 4) is 5.75 Å². The number of para-hydroxylation sites is 1. The van der Waals surface area contributed by atoms with Gasteiger partial charge >= 0.3 is 0 Å². The molecule has 0 atom stereocenters. The van der Waals surface area contributed by atoms with E-state index in [2.05, 4.69) is 34.9 Å². The maximum Gasteiger partial charge on any atom is 0.142 e. The third-order valence-corrected chi connectivity index (χ3v) is 3.65. The average Bonchev–Trinajstić information content (AvgIpc) is 2.86. The molecule has 0 saturated heterocycles. The molecule has 0 saturated carbocycles. The molecule has 2 rings (SSSR count). The Morgan fingerprint density at radius 1 is 1.37 bits per heavy atom. The van der Waals surface area contributed by atoms with E-state index in [-0.39, 0.29) is 0 Å². The largest absolute Gasteiger partial charge is 0.485 e. The molecule has 102 valence electrons. The van der Waals surface area contributed by atoms with Crippen molar-refractivity contribution in [1.82, 2.24) is 9.78 Å². The van der Waals surface area contributed by atoms with Crippen LogP contribution >= 0.6 is 27.5 Å². The van der Waals surface area contributed by atoms with Crippen LogP contribution in [0.1, 0.15) is 31.1 Å². The van der Waals surface area contributed by atoms with E-state index >= 15 is 0 Å².